The molecule has 0 aliphatic carbocycles. The highest BCUT2D eigenvalue weighted by Crippen LogP contribution is 2.29. The number of piperidine rings is 1. The van der Waals surface area contributed by atoms with Gasteiger partial charge in [0.25, 0.3) is 0 Å². The number of halogens is 2. The standard InChI is InChI=1S/C18H17F2N3O/c19-15-6-5-12(11-16(15)20)23-17-4-2-1-3-14(17)18(22-23)24-13-7-9-21-10-8-13/h1-6,11,13,21H,7-10H2. The number of para-hydroxylation sites is 1. The van der Waals surface area contributed by atoms with E-state index in [0.29, 0.717) is 11.6 Å². The zero-order chi connectivity index (χ0) is 16.5. The van der Waals surface area contributed by atoms with E-state index in [1.54, 1.807) is 4.68 Å². The average molecular weight is 329 g/mol. The summed E-state index contributed by atoms with van der Waals surface area (Å²) in [4.78, 5) is 0. The molecule has 6 heteroatoms. The molecule has 1 saturated heterocycles. The molecule has 1 aromatic heterocycles. The molecule has 2 aromatic carbocycles. The van der Waals surface area contributed by atoms with E-state index in [9.17, 15) is 8.78 Å². The van der Waals surface area contributed by atoms with Crippen LogP contribution in [0, 0.1) is 11.6 Å². The summed E-state index contributed by atoms with van der Waals surface area (Å²) in [7, 11) is 0. The van der Waals surface area contributed by atoms with E-state index >= 15 is 0 Å². The molecule has 1 N–H and O–H groups in total. The van der Waals surface area contributed by atoms with Crippen LogP contribution in [0.15, 0.2) is 42.5 Å². The second kappa shape index (κ2) is 6.20. The van der Waals surface area contributed by atoms with Crippen LogP contribution in [0.2, 0.25) is 0 Å². The maximum atomic E-state index is 13.6. The number of rotatable bonds is 3. The molecule has 0 spiro atoms. The third-order valence-corrected chi connectivity index (χ3v) is 4.27. The van der Waals surface area contributed by atoms with E-state index in [1.807, 2.05) is 24.3 Å². The number of nitrogens with zero attached hydrogens (tertiary/aromatic N) is 2. The number of fused-ring (bicyclic) bond motifs is 1. The molecule has 24 heavy (non-hydrogen) atoms. The lowest BCUT2D eigenvalue weighted by atomic mass is 10.1. The second-order valence-corrected chi connectivity index (χ2v) is 5.90. The summed E-state index contributed by atoms with van der Waals surface area (Å²) >= 11 is 0. The predicted molar refractivity (Wildman–Crippen MR) is 87.5 cm³/mol. The van der Waals surface area contributed by atoms with Crippen LogP contribution in [0.3, 0.4) is 0 Å². The maximum absolute atomic E-state index is 13.6. The van der Waals surface area contributed by atoms with Crippen molar-refractivity contribution in [3.05, 3.63) is 54.1 Å². The van der Waals surface area contributed by atoms with Crippen LogP contribution in [0.4, 0.5) is 8.78 Å². The number of nitrogens with one attached hydrogen (secondary N) is 1. The summed E-state index contributed by atoms with van der Waals surface area (Å²) in [5.41, 5.74) is 1.26. The van der Waals surface area contributed by atoms with E-state index in [-0.39, 0.29) is 6.10 Å². The van der Waals surface area contributed by atoms with Gasteiger partial charge >= 0.3 is 0 Å². The Morgan fingerprint density at radius 2 is 1.83 bits per heavy atom. The Morgan fingerprint density at radius 1 is 1.04 bits per heavy atom. The molecule has 124 valence electrons. The Kier molecular flexibility index (Phi) is 3.90. The maximum Gasteiger partial charge on any atom is 0.241 e. The SMILES string of the molecule is Fc1ccc(-n2nc(OC3CCNCC3)c3ccccc32)cc1F. The number of hydrogen-bond acceptors (Lipinski definition) is 3. The number of ether oxygens (including phenoxy) is 1. The summed E-state index contributed by atoms with van der Waals surface area (Å²) in [6.07, 6.45) is 1.96. The van der Waals surface area contributed by atoms with Crippen molar-refractivity contribution in [1.29, 1.82) is 0 Å². The van der Waals surface area contributed by atoms with Gasteiger partial charge in [0.1, 0.15) is 6.10 Å². The van der Waals surface area contributed by atoms with E-state index < -0.39 is 11.6 Å². The Morgan fingerprint density at radius 3 is 2.62 bits per heavy atom. The Labute approximate surface area is 138 Å². The number of hydrogen-bond donors (Lipinski definition) is 1. The highest BCUT2D eigenvalue weighted by Gasteiger charge is 2.19. The number of benzene rings is 2. The van der Waals surface area contributed by atoms with Crippen LogP contribution >= 0.6 is 0 Å². The van der Waals surface area contributed by atoms with Gasteiger partial charge in [-0.05, 0) is 50.2 Å². The molecule has 4 nitrogen and oxygen atoms in total. The predicted octanol–water partition coefficient (Wildman–Crippen LogP) is 3.43. The van der Waals surface area contributed by atoms with E-state index in [1.165, 1.54) is 6.07 Å². The van der Waals surface area contributed by atoms with Crippen molar-refractivity contribution in [3.63, 3.8) is 0 Å². The molecule has 2 heterocycles. The molecule has 0 bridgehead atoms. The molecule has 0 radical (unpaired) electrons. The van der Waals surface area contributed by atoms with Crippen molar-refractivity contribution in [2.24, 2.45) is 0 Å². The Bertz CT molecular complexity index is 872. The van der Waals surface area contributed by atoms with Gasteiger partial charge in [-0.25, -0.2) is 13.5 Å². The molecular weight excluding hydrogens is 312 g/mol. The minimum absolute atomic E-state index is 0.114. The molecule has 0 unspecified atom stereocenters. The smallest absolute Gasteiger partial charge is 0.241 e. The summed E-state index contributed by atoms with van der Waals surface area (Å²) in [6, 6.07) is 11.4. The normalized spacial score (nSPS) is 15.8. The molecule has 0 atom stereocenters. The van der Waals surface area contributed by atoms with E-state index in [2.05, 4.69) is 10.4 Å². The fraction of sp³-hybridized carbons (Fsp3) is 0.278. The molecule has 3 aromatic rings. The van der Waals surface area contributed by atoms with E-state index in [0.717, 1.165) is 49.0 Å². The molecule has 0 amide bonds. The summed E-state index contributed by atoms with van der Waals surface area (Å²) in [6.45, 7) is 1.85. The first-order chi connectivity index (χ1) is 11.7. The van der Waals surface area contributed by atoms with Crippen molar-refractivity contribution in [1.82, 2.24) is 15.1 Å². The van der Waals surface area contributed by atoms with Crippen molar-refractivity contribution in [3.8, 4) is 11.6 Å². The minimum atomic E-state index is -0.895. The minimum Gasteiger partial charge on any atom is -0.473 e. The number of aromatic nitrogens is 2. The summed E-state index contributed by atoms with van der Waals surface area (Å²) in [5, 5.41) is 8.67. The Balaban J connectivity index is 1.77. The summed E-state index contributed by atoms with van der Waals surface area (Å²) < 4.78 is 34.5. The average Bonchev–Trinajstić information content (AvgIpc) is 2.97. The first kappa shape index (κ1) is 15.1. The van der Waals surface area contributed by atoms with Gasteiger partial charge in [0, 0.05) is 6.07 Å². The highest BCUT2D eigenvalue weighted by molar-refractivity contribution is 5.86. The van der Waals surface area contributed by atoms with Crippen molar-refractivity contribution in [2.75, 3.05) is 13.1 Å². The molecule has 1 aliphatic rings. The van der Waals surface area contributed by atoms with Gasteiger partial charge in [0.2, 0.25) is 5.88 Å². The monoisotopic (exact) mass is 329 g/mol. The molecular formula is C18H17F2N3O. The quantitative estimate of drug-likeness (QED) is 0.800. The molecule has 0 saturated carbocycles. The summed E-state index contributed by atoms with van der Waals surface area (Å²) in [5.74, 6) is -1.24. The molecule has 4 rings (SSSR count). The first-order valence-corrected chi connectivity index (χ1v) is 8.03. The van der Waals surface area contributed by atoms with Crippen molar-refractivity contribution < 1.29 is 13.5 Å². The lowest BCUT2D eigenvalue weighted by Gasteiger charge is -2.22. The van der Waals surface area contributed by atoms with Gasteiger partial charge in [0.05, 0.1) is 16.6 Å². The van der Waals surface area contributed by atoms with Gasteiger partial charge in [-0.1, -0.05) is 12.1 Å². The van der Waals surface area contributed by atoms with E-state index in [4.69, 9.17) is 4.74 Å². The van der Waals surface area contributed by atoms with Crippen LogP contribution in [-0.2, 0) is 0 Å². The van der Waals surface area contributed by atoms with Crippen LogP contribution < -0.4 is 10.1 Å². The van der Waals surface area contributed by atoms with Gasteiger partial charge < -0.3 is 10.1 Å². The molecule has 1 fully saturated rings. The van der Waals surface area contributed by atoms with Gasteiger partial charge in [-0.3, -0.25) is 0 Å². The third-order valence-electron chi connectivity index (χ3n) is 4.27. The zero-order valence-electron chi connectivity index (χ0n) is 13.0. The van der Waals surface area contributed by atoms with Crippen LogP contribution in [-0.4, -0.2) is 29.0 Å². The third kappa shape index (κ3) is 2.73. The van der Waals surface area contributed by atoms with Crippen LogP contribution in [0.25, 0.3) is 16.6 Å². The second-order valence-electron chi connectivity index (χ2n) is 5.90. The highest BCUT2D eigenvalue weighted by atomic mass is 19.2. The fourth-order valence-corrected chi connectivity index (χ4v) is 3.01. The fourth-order valence-electron chi connectivity index (χ4n) is 3.01. The lowest BCUT2D eigenvalue weighted by Crippen LogP contribution is -2.34. The van der Waals surface area contributed by atoms with Gasteiger partial charge in [-0.2, -0.15) is 0 Å². The zero-order valence-corrected chi connectivity index (χ0v) is 13.0. The largest absolute Gasteiger partial charge is 0.473 e. The molecule has 1 aliphatic heterocycles. The van der Waals surface area contributed by atoms with Crippen LogP contribution in [0.5, 0.6) is 5.88 Å². The lowest BCUT2D eigenvalue weighted by molar-refractivity contribution is 0.157. The van der Waals surface area contributed by atoms with Gasteiger partial charge in [-0.15, -0.1) is 5.10 Å². The first-order valence-electron chi connectivity index (χ1n) is 8.03. The topological polar surface area (TPSA) is 39.1 Å². The van der Waals surface area contributed by atoms with Crippen molar-refractivity contribution in [2.45, 2.75) is 18.9 Å². The Hall–Kier alpha value is -2.47. The van der Waals surface area contributed by atoms with Gasteiger partial charge in [0.15, 0.2) is 11.6 Å². The van der Waals surface area contributed by atoms with Crippen molar-refractivity contribution >= 4 is 10.9 Å². The van der Waals surface area contributed by atoms with Crippen LogP contribution in [0.1, 0.15) is 12.8 Å².